The Bertz CT molecular complexity index is 1360. The maximum absolute atomic E-state index is 9.66. The van der Waals surface area contributed by atoms with Gasteiger partial charge in [0.05, 0.1) is 18.0 Å². The van der Waals surface area contributed by atoms with Crippen LogP contribution >= 0.6 is 9.39 Å². The van der Waals surface area contributed by atoms with Crippen LogP contribution < -0.4 is 4.74 Å². The minimum Gasteiger partial charge on any atom is -0.490 e. The second kappa shape index (κ2) is 9.15. The maximum Gasteiger partial charge on any atom is 0.143 e. The van der Waals surface area contributed by atoms with Crippen LogP contribution in [0.2, 0.25) is 0 Å². The van der Waals surface area contributed by atoms with Crippen molar-refractivity contribution in [2.24, 2.45) is 0 Å². The summed E-state index contributed by atoms with van der Waals surface area (Å²) in [5, 5.41) is 10.8. The van der Waals surface area contributed by atoms with Gasteiger partial charge >= 0.3 is 0 Å². The van der Waals surface area contributed by atoms with E-state index >= 15 is 0 Å². The molecule has 2 aliphatic rings. The quantitative estimate of drug-likeness (QED) is 0.342. The molecule has 4 aromatic rings. The van der Waals surface area contributed by atoms with Crippen LogP contribution in [0.1, 0.15) is 32.1 Å². The molecule has 0 N–H and O–H groups in total. The van der Waals surface area contributed by atoms with Gasteiger partial charge in [-0.3, -0.25) is 4.90 Å². The fourth-order valence-corrected chi connectivity index (χ4v) is 6.17. The summed E-state index contributed by atoms with van der Waals surface area (Å²) < 4.78 is 10.5. The molecule has 1 aliphatic heterocycles. The van der Waals surface area contributed by atoms with E-state index in [1.54, 1.807) is 0 Å². The molecule has 1 saturated carbocycles. The lowest BCUT2D eigenvalue weighted by molar-refractivity contribution is -0.0151. The number of nitrogens with zero attached hydrogens (tertiary/aromatic N) is 5. The number of nitriles is 1. The molecule has 1 aromatic carbocycles. The van der Waals surface area contributed by atoms with E-state index in [4.69, 9.17) is 4.74 Å². The summed E-state index contributed by atoms with van der Waals surface area (Å²) >= 11 is 0. The average molecular weight is 484 g/mol. The molecule has 1 atom stereocenters. The van der Waals surface area contributed by atoms with E-state index in [0.29, 0.717) is 12.5 Å². The van der Waals surface area contributed by atoms with Crippen LogP contribution in [0, 0.1) is 11.3 Å². The number of ether oxygens (including phenoxy) is 1. The van der Waals surface area contributed by atoms with Crippen LogP contribution in [0.4, 0.5) is 0 Å². The van der Waals surface area contributed by atoms with Crippen LogP contribution in [0.25, 0.3) is 22.2 Å². The molecule has 2 fully saturated rings. The van der Waals surface area contributed by atoms with Gasteiger partial charge in [0.1, 0.15) is 17.5 Å². The van der Waals surface area contributed by atoms with Gasteiger partial charge in [-0.2, -0.15) is 5.26 Å². The average Bonchev–Trinajstić information content (AvgIpc) is 3.50. The zero-order valence-electron chi connectivity index (χ0n) is 19.8. The Morgan fingerprint density at radius 3 is 2.63 bits per heavy atom. The zero-order valence-corrected chi connectivity index (χ0v) is 20.9. The number of likely N-dealkylation sites (tertiary alicyclic amines) is 1. The van der Waals surface area contributed by atoms with Crippen LogP contribution in [0.3, 0.4) is 0 Å². The number of rotatable bonds is 6. The van der Waals surface area contributed by atoms with Crippen LogP contribution in [0.5, 0.6) is 5.75 Å². The summed E-state index contributed by atoms with van der Waals surface area (Å²) in [6.07, 6.45) is 13.2. The highest BCUT2D eigenvalue weighted by molar-refractivity contribution is 7.14. The SMILES string of the molecule is N#CC[C@]1(n2ccc(-c3ccnc4c3ccn4P)c2)C[C@H](N2CCC(Oc3ccccc3)CC2)C1. The molecule has 6 nitrogen and oxygen atoms in total. The molecule has 7 heteroatoms. The van der Waals surface area contributed by atoms with E-state index in [-0.39, 0.29) is 11.6 Å². The molecule has 0 amide bonds. The molecule has 1 unspecified atom stereocenters. The van der Waals surface area contributed by atoms with Gasteiger partial charge in [0.25, 0.3) is 0 Å². The fourth-order valence-electron chi connectivity index (χ4n) is 5.88. The van der Waals surface area contributed by atoms with Crippen molar-refractivity contribution in [1.29, 1.82) is 5.26 Å². The van der Waals surface area contributed by atoms with E-state index in [1.807, 2.05) is 47.1 Å². The normalized spacial score (nSPS) is 23.1. The van der Waals surface area contributed by atoms with Gasteiger partial charge in [-0.25, -0.2) is 4.98 Å². The Morgan fingerprint density at radius 1 is 1.06 bits per heavy atom. The molecular formula is C28H30N5OP. The Balaban J connectivity index is 1.13. The van der Waals surface area contributed by atoms with Gasteiger partial charge in [0, 0.05) is 54.9 Å². The smallest absolute Gasteiger partial charge is 0.143 e. The third-order valence-corrected chi connectivity index (χ3v) is 8.26. The Kier molecular flexibility index (Phi) is 5.84. The molecule has 35 heavy (non-hydrogen) atoms. The Labute approximate surface area is 208 Å². The van der Waals surface area contributed by atoms with Crippen molar-refractivity contribution >= 4 is 20.4 Å². The summed E-state index contributed by atoms with van der Waals surface area (Å²) in [7, 11) is 2.69. The number of hydrogen-bond acceptors (Lipinski definition) is 4. The first-order valence-corrected chi connectivity index (χ1v) is 12.9. The van der Waals surface area contributed by atoms with Crippen LogP contribution in [-0.2, 0) is 5.54 Å². The van der Waals surface area contributed by atoms with Gasteiger partial charge in [-0.15, -0.1) is 0 Å². The number of para-hydroxylation sites is 1. The topological polar surface area (TPSA) is 59.0 Å². The fraction of sp³-hybridized carbons (Fsp3) is 0.357. The van der Waals surface area contributed by atoms with Gasteiger partial charge < -0.3 is 13.6 Å². The molecule has 178 valence electrons. The summed E-state index contributed by atoms with van der Waals surface area (Å²) in [5.41, 5.74) is 3.19. The Hall–Kier alpha value is -3.13. The third-order valence-electron chi connectivity index (χ3n) is 7.85. The molecule has 1 saturated heterocycles. The maximum atomic E-state index is 9.66. The van der Waals surface area contributed by atoms with Gasteiger partial charge in [0.15, 0.2) is 0 Å². The minimum absolute atomic E-state index is 0.117. The number of aromatic nitrogens is 3. The number of piperidine rings is 1. The third kappa shape index (κ3) is 4.14. The molecular weight excluding hydrogens is 453 g/mol. The summed E-state index contributed by atoms with van der Waals surface area (Å²) in [6, 6.07) is 19.5. The number of fused-ring (bicyclic) bond motifs is 1. The Morgan fingerprint density at radius 2 is 1.86 bits per heavy atom. The van der Waals surface area contributed by atoms with Crippen molar-refractivity contribution in [2.75, 3.05) is 13.1 Å². The van der Waals surface area contributed by atoms with Gasteiger partial charge in [-0.1, -0.05) is 18.2 Å². The minimum atomic E-state index is -0.117. The lowest BCUT2D eigenvalue weighted by Gasteiger charge is -2.53. The predicted octanol–water partition coefficient (Wildman–Crippen LogP) is 5.46. The standard InChI is InChI=1S/C28H30N5OP/c29-12-11-28(32-16-7-21(20-32)25-6-13-30-27-26(25)10-17-33(27)35)18-22(19-28)31-14-8-24(9-15-31)34-23-4-2-1-3-5-23/h1-7,10,13,16-17,20,22,24H,8-9,11,14-15,18-19,35H2/t22-,28-. The first-order valence-electron chi connectivity index (χ1n) is 12.4. The second-order valence-electron chi connectivity index (χ2n) is 9.91. The molecule has 0 radical (unpaired) electrons. The lowest BCUT2D eigenvalue weighted by Crippen LogP contribution is -2.57. The number of hydrogen-bond donors (Lipinski definition) is 0. The highest BCUT2D eigenvalue weighted by Crippen LogP contribution is 2.46. The van der Waals surface area contributed by atoms with Crippen molar-refractivity contribution in [3.05, 3.63) is 73.3 Å². The first-order chi connectivity index (χ1) is 17.1. The van der Waals surface area contributed by atoms with E-state index in [0.717, 1.165) is 55.6 Å². The van der Waals surface area contributed by atoms with E-state index < -0.39 is 0 Å². The summed E-state index contributed by atoms with van der Waals surface area (Å²) in [4.78, 5) is 7.12. The summed E-state index contributed by atoms with van der Waals surface area (Å²) in [5.74, 6) is 0.965. The van der Waals surface area contributed by atoms with E-state index in [1.165, 1.54) is 11.1 Å². The van der Waals surface area contributed by atoms with Crippen LogP contribution in [-0.4, -0.2) is 44.0 Å². The van der Waals surface area contributed by atoms with Gasteiger partial charge in [-0.05, 0) is 71.0 Å². The second-order valence-corrected chi connectivity index (χ2v) is 10.5. The van der Waals surface area contributed by atoms with Crippen molar-refractivity contribution in [1.82, 2.24) is 18.8 Å². The highest BCUT2D eigenvalue weighted by Gasteiger charge is 2.48. The molecule has 0 bridgehead atoms. The monoisotopic (exact) mass is 483 g/mol. The first kappa shape index (κ1) is 22.3. The molecule has 1 aliphatic carbocycles. The molecule has 0 spiro atoms. The highest BCUT2D eigenvalue weighted by atomic mass is 31.0. The van der Waals surface area contributed by atoms with Crippen molar-refractivity contribution in [3.63, 3.8) is 0 Å². The predicted molar refractivity (Wildman–Crippen MR) is 141 cm³/mol. The number of benzene rings is 1. The van der Waals surface area contributed by atoms with Gasteiger partial charge in [0.2, 0.25) is 0 Å². The lowest BCUT2D eigenvalue weighted by atomic mass is 9.69. The largest absolute Gasteiger partial charge is 0.490 e. The molecule has 4 heterocycles. The van der Waals surface area contributed by atoms with Crippen LogP contribution in [0.15, 0.2) is 73.3 Å². The molecule has 3 aromatic heterocycles. The molecule has 6 rings (SSSR count). The van der Waals surface area contributed by atoms with E-state index in [2.05, 4.69) is 60.5 Å². The van der Waals surface area contributed by atoms with E-state index in [9.17, 15) is 5.26 Å². The van der Waals surface area contributed by atoms with Crippen molar-refractivity contribution < 1.29 is 4.74 Å². The van der Waals surface area contributed by atoms with Crippen molar-refractivity contribution in [3.8, 4) is 22.9 Å². The summed E-state index contributed by atoms with van der Waals surface area (Å²) in [6.45, 7) is 2.12. The number of pyridine rings is 1. The zero-order chi connectivity index (χ0) is 23.8. The van der Waals surface area contributed by atoms with Crippen molar-refractivity contribution in [2.45, 2.75) is 49.8 Å².